The van der Waals surface area contributed by atoms with Crippen molar-refractivity contribution in [1.29, 1.82) is 0 Å². The van der Waals surface area contributed by atoms with E-state index >= 15 is 4.57 Å². The minimum absolute atomic E-state index is 0.00562. The second kappa shape index (κ2) is 9.87. The average Bonchev–Trinajstić information content (AvgIpc) is 2.67. The molecule has 0 radical (unpaired) electrons. The summed E-state index contributed by atoms with van der Waals surface area (Å²) in [5, 5.41) is 2.10. The van der Waals surface area contributed by atoms with Gasteiger partial charge in [-0.3, -0.25) is 0 Å². The van der Waals surface area contributed by atoms with Crippen molar-refractivity contribution >= 4 is 18.4 Å². The van der Waals surface area contributed by atoms with Crippen molar-refractivity contribution in [2.24, 2.45) is 0 Å². The summed E-state index contributed by atoms with van der Waals surface area (Å²) >= 11 is 0. The molecule has 0 spiro atoms. The molecule has 0 atom stereocenters. The zero-order chi connectivity index (χ0) is 30.0. The topological polar surface area (TPSA) is 17.1 Å². The van der Waals surface area contributed by atoms with E-state index in [0.717, 1.165) is 10.6 Å². The van der Waals surface area contributed by atoms with E-state index in [9.17, 15) is 0 Å². The van der Waals surface area contributed by atoms with Crippen molar-refractivity contribution in [3.8, 4) is 0 Å². The zero-order valence-electron chi connectivity index (χ0n) is 28.2. The highest BCUT2D eigenvalue weighted by molar-refractivity contribution is 7.62. The van der Waals surface area contributed by atoms with E-state index in [1.807, 2.05) is 0 Å². The lowest BCUT2D eigenvalue weighted by Crippen LogP contribution is -2.36. The van der Waals surface area contributed by atoms with Crippen LogP contribution in [0.3, 0.4) is 0 Å². The van der Waals surface area contributed by atoms with Crippen molar-refractivity contribution in [3.63, 3.8) is 0 Å². The molecule has 0 N–H and O–H groups in total. The number of hydrogen-bond donors (Lipinski definition) is 0. The zero-order valence-corrected chi connectivity index (χ0v) is 29.1. The minimum atomic E-state index is -1.86. The van der Waals surface area contributed by atoms with Crippen molar-refractivity contribution < 1.29 is 4.57 Å². The Morgan fingerprint density at radius 1 is 0.368 bits per heavy atom. The molecular formula is C36H58OP+. The molecule has 0 aromatic heterocycles. The highest BCUT2D eigenvalue weighted by Gasteiger charge is 2.45. The molecule has 0 unspecified atom stereocenters. The number of rotatable bonds is 2. The molecule has 2 aromatic rings. The van der Waals surface area contributed by atoms with Crippen molar-refractivity contribution in [1.82, 2.24) is 0 Å². The van der Waals surface area contributed by atoms with E-state index in [4.69, 9.17) is 0 Å². The second-order valence-electron chi connectivity index (χ2n) is 17.6. The molecule has 0 aliphatic rings. The molecule has 38 heavy (non-hydrogen) atoms. The summed E-state index contributed by atoms with van der Waals surface area (Å²) in [5.41, 5.74) is 6.94. The summed E-state index contributed by atoms with van der Waals surface area (Å²) in [7, 11) is -1.86. The summed E-state index contributed by atoms with van der Waals surface area (Å²) in [6.07, 6.45) is 0. The van der Waals surface area contributed by atoms with Crippen LogP contribution in [0.5, 0.6) is 0 Å². The van der Waals surface area contributed by atoms with E-state index in [1.54, 1.807) is 0 Å². The maximum Gasteiger partial charge on any atom is 0.416 e. The lowest BCUT2D eigenvalue weighted by molar-refractivity contribution is 0.548. The fourth-order valence-corrected chi connectivity index (χ4v) is 7.67. The molecule has 0 heterocycles. The van der Waals surface area contributed by atoms with Gasteiger partial charge < -0.3 is 0 Å². The molecule has 0 aliphatic heterocycles. The third-order valence-electron chi connectivity index (χ3n) is 7.59. The lowest BCUT2D eigenvalue weighted by atomic mass is 9.75. The van der Waals surface area contributed by atoms with Gasteiger partial charge in [-0.1, -0.05) is 153 Å². The Balaban J connectivity index is 3.24. The Kier molecular flexibility index (Phi) is 8.51. The fourth-order valence-electron chi connectivity index (χ4n) is 4.97. The summed E-state index contributed by atoms with van der Waals surface area (Å²) in [4.78, 5) is 0. The number of benzene rings is 2. The van der Waals surface area contributed by atoms with E-state index in [2.05, 4.69) is 149 Å². The van der Waals surface area contributed by atoms with Crippen molar-refractivity contribution in [3.05, 3.63) is 57.6 Å². The molecular weight excluding hydrogens is 479 g/mol. The van der Waals surface area contributed by atoms with Gasteiger partial charge in [0, 0.05) is 22.3 Å². The molecule has 2 rings (SSSR count). The SMILES string of the molecule is CC(C)(C)c1cc(C(C)(C)C)c([P+](=O)c2c(C(C)(C)C)cc(C(C)(C)C)cc2C(C)(C)C)c(C(C)(C)C)c1. The predicted octanol–water partition coefficient (Wildman–Crippen LogP) is 10.2. The highest BCUT2D eigenvalue weighted by Crippen LogP contribution is 2.43. The van der Waals surface area contributed by atoms with Gasteiger partial charge in [0.15, 0.2) is 0 Å². The molecule has 0 aliphatic carbocycles. The van der Waals surface area contributed by atoms with Crippen LogP contribution in [-0.4, -0.2) is 0 Å². The molecule has 2 aromatic carbocycles. The van der Waals surface area contributed by atoms with Crippen LogP contribution in [0.4, 0.5) is 0 Å². The smallest absolute Gasteiger partial charge is 0.0612 e. The second-order valence-corrected chi connectivity index (χ2v) is 19.1. The summed E-state index contributed by atoms with van der Waals surface area (Å²) in [5.74, 6) is 0. The highest BCUT2D eigenvalue weighted by atomic mass is 31.1. The predicted molar refractivity (Wildman–Crippen MR) is 172 cm³/mol. The van der Waals surface area contributed by atoms with E-state index in [1.165, 1.54) is 33.4 Å². The van der Waals surface area contributed by atoms with Crippen molar-refractivity contribution in [2.75, 3.05) is 0 Å². The Labute approximate surface area is 237 Å². The normalized spacial score (nSPS) is 14.2. The van der Waals surface area contributed by atoms with Crippen LogP contribution in [0, 0.1) is 0 Å². The van der Waals surface area contributed by atoms with Crippen LogP contribution in [0.2, 0.25) is 0 Å². The minimum Gasteiger partial charge on any atom is -0.0612 e. The average molecular weight is 538 g/mol. The third kappa shape index (κ3) is 6.99. The monoisotopic (exact) mass is 537 g/mol. The maximum absolute atomic E-state index is 15.4. The van der Waals surface area contributed by atoms with Crippen LogP contribution < -0.4 is 10.6 Å². The Hall–Kier alpha value is -1.46. The quantitative estimate of drug-likeness (QED) is 0.348. The Morgan fingerprint density at radius 3 is 0.684 bits per heavy atom. The van der Waals surface area contributed by atoms with E-state index in [0.29, 0.717) is 0 Å². The Bertz CT molecular complexity index is 1040. The van der Waals surface area contributed by atoms with E-state index < -0.39 is 7.80 Å². The first-order valence-electron chi connectivity index (χ1n) is 14.4. The van der Waals surface area contributed by atoms with Gasteiger partial charge >= 0.3 is 7.80 Å². The standard InChI is InChI=1S/C36H58OP/c1-31(2,3)23-19-25(33(7,8)9)29(26(20-23)34(10,11)12)38(37)30-27(35(13,14)15)21-24(32(4,5)6)22-28(30)36(16,17)18/h19-22H,1-18H3/q+1. The maximum atomic E-state index is 15.4. The largest absolute Gasteiger partial charge is 0.416 e. The van der Waals surface area contributed by atoms with Gasteiger partial charge in [0.05, 0.1) is 0 Å². The van der Waals surface area contributed by atoms with Crippen LogP contribution >= 0.6 is 7.80 Å². The molecule has 0 amide bonds. The summed E-state index contributed by atoms with van der Waals surface area (Å²) in [6.45, 7) is 40.9. The molecule has 0 saturated carbocycles. The molecule has 2 heteroatoms. The van der Waals surface area contributed by atoms with Crippen LogP contribution in [0.25, 0.3) is 0 Å². The third-order valence-corrected chi connectivity index (χ3v) is 9.37. The molecule has 1 nitrogen and oxygen atoms in total. The summed E-state index contributed by atoms with van der Waals surface area (Å²) < 4.78 is 15.4. The van der Waals surface area contributed by atoms with Crippen LogP contribution in [-0.2, 0) is 37.1 Å². The van der Waals surface area contributed by atoms with Crippen LogP contribution in [0.1, 0.15) is 158 Å². The van der Waals surface area contributed by atoms with Gasteiger partial charge in [0.25, 0.3) is 0 Å². The number of hydrogen-bond acceptors (Lipinski definition) is 1. The Morgan fingerprint density at radius 2 is 0.553 bits per heavy atom. The first-order chi connectivity index (χ1) is 16.6. The molecule has 212 valence electrons. The molecule has 0 fully saturated rings. The summed E-state index contributed by atoms with van der Waals surface area (Å²) in [6, 6.07) is 9.42. The van der Waals surface area contributed by atoms with Gasteiger partial charge in [-0.05, 0) is 43.6 Å². The van der Waals surface area contributed by atoms with Crippen molar-refractivity contribution in [2.45, 2.75) is 157 Å². The first-order valence-corrected chi connectivity index (χ1v) is 15.7. The lowest BCUT2D eigenvalue weighted by Gasteiger charge is -2.32. The molecule has 0 saturated heterocycles. The van der Waals surface area contributed by atoms with Gasteiger partial charge in [0.2, 0.25) is 10.6 Å². The van der Waals surface area contributed by atoms with Gasteiger partial charge in [-0.15, -0.1) is 0 Å². The fraction of sp³-hybridized carbons (Fsp3) is 0.667. The first kappa shape index (κ1) is 32.8. The van der Waals surface area contributed by atoms with Crippen LogP contribution in [0.15, 0.2) is 24.3 Å². The van der Waals surface area contributed by atoms with E-state index in [-0.39, 0.29) is 32.5 Å². The van der Waals surface area contributed by atoms with Gasteiger partial charge in [-0.25, -0.2) is 0 Å². The molecule has 0 bridgehead atoms. The van der Waals surface area contributed by atoms with Gasteiger partial charge in [0.1, 0.15) is 0 Å². The van der Waals surface area contributed by atoms with Gasteiger partial charge in [-0.2, -0.15) is 0 Å².